The molecule has 0 amide bonds. The van der Waals surface area contributed by atoms with E-state index >= 15 is 0 Å². The number of rotatable bonds is 5. The molecule has 102 valence electrons. The van der Waals surface area contributed by atoms with Crippen LogP contribution in [0.25, 0.3) is 10.9 Å². The van der Waals surface area contributed by atoms with Gasteiger partial charge in [-0.2, -0.15) is 0 Å². The standard InChI is InChI=1S/C17H24N2/c1-12-6-9-16-14(5-4-10-18-15-7-8-15)11-19(3)17(16)13(12)2/h6,9,11,15,18H,4-5,7-8,10H2,1-3H3. The van der Waals surface area contributed by atoms with Crippen molar-refractivity contribution in [3.05, 3.63) is 35.0 Å². The van der Waals surface area contributed by atoms with Crippen LogP contribution in [0.1, 0.15) is 36.0 Å². The zero-order chi connectivity index (χ0) is 13.4. The third-order valence-corrected chi connectivity index (χ3v) is 4.38. The van der Waals surface area contributed by atoms with E-state index in [0.717, 1.165) is 12.6 Å². The second-order valence-corrected chi connectivity index (χ2v) is 6.00. The molecule has 1 aliphatic carbocycles. The van der Waals surface area contributed by atoms with Crippen molar-refractivity contribution in [1.29, 1.82) is 0 Å². The van der Waals surface area contributed by atoms with E-state index in [-0.39, 0.29) is 0 Å². The smallest absolute Gasteiger partial charge is 0.0512 e. The maximum atomic E-state index is 3.60. The minimum absolute atomic E-state index is 0.831. The van der Waals surface area contributed by atoms with Crippen molar-refractivity contribution in [3.8, 4) is 0 Å². The highest BCUT2D eigenvalue weighted by molar-refractivity contribution is 5.87. The Morgan fingerprint density at radius 2 is 2.05 bits per heavy atom. The van der Waals surface area contributed by atoms with Gasteiger partial charge in [-0.1, -0.05) is 12.1 Å². The summed E-state index contributed by atoms with van der Waals surface area (Å²) in [7, 11) is 2.17. The summed E-state index contributed by atoms with van der Waals surface area (Å²) in [6.45, 7) is 5.59. The summed E-state index contributed by atoms with van der Waals surface area (Å²) in [5.41, 5.74) is 5.71. The van der Waals surface area contributed by atoms with E-state index in [2.05, 4.69) is 49.1 Å². The first kappa shape index (κ1) is 12.7. The number of fused-ring (bicyclic) bond motifs is 1. The third kappa shape index (κ3) is 2.55. The SMILES string of the molecule is Cc1ccc2c(CCCNC3CC3)cn(C)c2c1C. The summed E-state index contributed by atoms with van der Waals surface area (Å²) in [4.78, 5) is 0. The number of nitrogens with one attached hydrogen (secondary N) is 1. The normalized spacial score (nSPS) is 15.3. The highest BCUT2D eigenvalue weighted by Gasteiger charge is 2.19. The lowest BCUT2D eigenvalue weighted by molar-refractivity contribution is 0.646. The number of hydrogen-bond acceptors (Lipinski definition) is 1. The summed E-state index contributed by atoms with van der Waals surface area (Å²) in [5, 5.41) is 5.04. The van der Waals surface area contributed by atoms with Gasteiger partial charge in [0.15, 0.2) is 0 Å². The van der Waals surface area contributed by atoms with Crippen LogP contribution in [0.3, 0.4) is 0 Å². The van der Waals surface area contributed by atoms with E-state index in [1.54, 1.807) is 0 Å². The molecule has 1 aromatic carbocycles. The molecular formula is C17H24N2. The maximum Gasteiger partial charge on any atom is 0.0512 e. The summed E-state index contributed by atoms with van der Waals surface area (Å²) >= 11 is 0. The van der Waals surface area contributed by atoms with E-state index < -0.39 is 0 Å². The Bertz CT molecular complexity index is 591. The predicted octanol–water partition coefficient (Wildman–Crippen LogP) is 3.48. The molecule has 1 fully saturated rings. The Labute approximate surface area is 115 Å². The molecule has 0 bridgehead atoms. The van der Waals surface area contributed by atoms with E-state index in [4.69, 9.17) is 0 Å². The number of hydrogen-bond donors (Lipinski definition) is 1. The highest BCUT2D eigenvalue weighted by Crippen LogP contribution is 2.27. The van der Waals surface area contributed by atoms with Gasteiger partial charge >= 0.3 is 0 Å². The molecule has 0 saturated heterocycles. The van der Waals surface area contributed by atoms with Crippen LogP contribution in [0.4, 0.5) is 0 Å². The monoisotopic (exact) mass is 256 g/mol. The van der Waals surface area contributed by atoms with Crippen LogP contribution in [0.5, 0.6) is 0 Å². The van der Waals surface area contributed by atoms with Gasteiger partial charge in [0, 0.05) is 24.7 Å². The second-order valence-electron chi connectivity index (χ2n) is 6.00. The average Bonchev–Trinajstić information content (AvgIpc) is 3.15. The Balaban J connectivity index is 1.77. The molecule has 0 atom stereocenters. The lowest BCUT2D eigenvalue weighted by Gasteiger charge is -2.05. The fraction of sp³-hybridized carbons (Fsp3) is 0.529. The second kappa shape index (κ2) is 5.01. The third-order valence-electron chi connectivity index (χ3n) is 4.38. The lowest BCUT2D eigenvalue weighted by Crippen LogP contribution is -2.17. The van der Waals surface area contributed by atoms with Gasteiger partial charge in [0.1, 0.15) is 0 Å². The van der Waals surface area contributed by atoms with Crippen LogP contribution in [0.15, 0.2) is 18.3 Å². The van der Waals surface area contributed by atoms with Crippen LogP contribution < -0.4 is 5.32 Å². The van der Waals surface area contributed by atoms with Gasteiger partial charge in [0.05, 0.1) is 5.52 Å². The van der Waals surface area contributed by atoms with E-state index in [1.165, 1.54) is 53.3 Å². The minimum Gasteiger partial charge on any atom is -0.350 e. The predicted molar refractivity (Wildman–Crippen MR) is 81.7 cm³/mol. The van der Waals surface area contributed by atoms with Gasteiger partial charge in [-0.25, -0.2) is 0 Å². The van der Waals surface area contributed by atoms with E-state index in [9.17, 15) is 0 Å². The molecule has 1 aliphatic rings. The Hall–Kier alpha value is -1.28. The van der Waals surface area contributed by atoms with E-state index in [1.807, 2.05) is 0 Å². The zero-order valence-corrected chi connectivity index (χ0v) is 12.3. The molecule has 0 aliphatic heterocycles. The fourth-order valence-corrected chi connectivity index (χ4v) is 2.95. The molecular weight excluding hydrogens is 232 g/mol. The van der Waals surface area contributed by atoms with Crippen molar-refractivity contribution in [1.82, 2.24) is 9.88 Å². The maximum absolute atomic E-state index is 3.60. The summed E-state index contributed by atoms with van der Waals surface area (Å²) in [6.07, 6.45) is 7.50. The topological polar surface area (TPSA) is 17.0 Å². The molecule has 2 heteroatoms. The Kier molecular flexibility index (Phi) is 3.36. The zero-order valence-electron chi connectivity index (χ0n) is 12.3. The van der Waals surface area contributed by atoms with Gasteiger partial charge in [-0.15, -0.1) is 0 Å². The molecule has 3 rings (SSSR count). The largest absolute Gasteiger partial charge is 0.350 e. The molecule has 1 N–H and O–H groups in total. The quantitative estimate of drug-likeness (QED) is 0.810. The molecule has 0 spiro atoms. The van der Waals surface area contributed by atoms with Gasteiger partial charge in [-0.3, -0.25) is 0 Å². The molecule has 1 aromatic heterocycles. The highest BCUT2D eigenvalue weighted by atomic mass is 14.9. The molecule has 0 radical (unpaired) electrons. The Morgan fingerprint density at radius 3 is 2.79 bits per heavy atom. The summed E-state index contributed by atoms with van der Waals surface area (Å²) in [5.74, 6) is 0. The van der Waals surface area contributed by atoms with Crippen molar-refractivity contribution in [2.24, 2.45) is 7.05 Å². The van der Waals surface area contributed by atoms with Crippen molar-refractivity contribution in [2.75, 3.05) is 6.54 Å². The number of aryl methyl sites for hydroxylation is 4. The number of nitrogens with zero attached hydrogens (tertiary/aromatic N) is 1. The van der Waals surface area contributed by atoms with Crippen molar-refractivity contribution >= 4 is 10.9 Å². The first-order valence-electron chi connectivity index (χ1n) is 7.44. The van der Waals surface area contributed by atoms with Gasteiger partial charge in [0.25, 0.3) is 0 Å². The molecule has 19 heavy (non-hydrogen) atoms. The summed E-state index contributed by atoms with van der Waals surface area (Å²) in [6, 6.07) is 5.38. The van der Waals surface area contributed by atoms with Crippen LogP contribution in [-0.4, -0.2) is 17.2 Å². The van der Waals surface area contributed by atoms with E-state index in [0.29, 0.717) is 0 Å². The molecule has 2 nitrogen and oxygen atoms in total. The lowest BCUT2D eigenvalue weighted by atomic mass is 10.0. The molecule has 2 aromatic rings. The van der Waals surface area contributed by atoms with Crippen molar-refractivity contribution < 1.29 is 0 Å². The average molecular weight is 256 g/mol. The number of benzene rings is 1. The first-order chi connectivity index (χ1) is 9.16. The van der Waals surface area contributed by atoms with Gasteiger partial charge in [-0.05, 0) is 62.8 Å². The fourth-order valence-electron chi connectivity index (χ4n) is 2.95. The minimum atomic E-state index is 0.831. The summed E-state index contributed by atoms with van der Waals surface area (Å²) < 4.78 is 2.29. The number of aromatic nitrogens is 1. The van der Waals surface area contributed by atoms with Crippen LogP contribution in [0, 0.1) is 13.8 Å². The van der Waals surface area contributed by atoms with Crippen LogP contribution >= 0.6 is 0 Å². The van der Waals surface area contributed by atoms with Crippen molar-refractivity contribution in [3.63, 3.8) is 0 Å². The first-order valence-corrected chi connectivity index (χ1v) is 7.44. The molecule has 1 saturated carbocycles. The molecule has 1 heterocycles. The van der Waals surface area contributed by atoms with Gasteiger partial charge < -0.3 is 9.88 Å². The molecule has 0 unspecified atom stereocenters. The van der Waals surface area contributed by atoms with Gasteiger partial charge in [0.2, 0.25) is 0 Å². The van der Waals surface area contributed by atoms with Crippen LogP contribution in [0.2, 0.25) is 0 Å². The van der Waals surface area contributed by atoms with Crippen LogP contribution in [-0.2, 0) is 13.5 Å². The Morgan fingerprint density at radius 1 is 1.26 bits per heavy atom. The van der Waals surface area contributed by atoms with Crippen molar-refractivity contribution in [2.45, 2.75) is 45.6 Å².